The molecule has 0 spiro atoms. The summed E-state index contributed by atoms with van der Waals surface area (Å²) in [7, 11) is 0. The SMILES string of the molecule is CCC(C)(CCO)NC(=O)CCNC(=O)c1ccc2ccccc2c1. The minimum Gasteiger partial charge on any atom is -0.396 e. The Hall–Kier alpha value is -2.40. The summed E-state index contributed by atoms with van der Waals surface area (Å²) in [6, 6.07) is 13.4. The standard InChI is InChI=1S/C20H26N2O3/c1-3-20(2,11-13-23)22-18(24)10-12-21-19(25)17-9-8-15-6-4-5-7-16(15)14-17/h4-9,14,23H,3,10-13H2,1-2H3,(H,21,25)(H,22,24). The maximum atomic E-state index is 12.2. The van der Waals surface area contributed by atoms with Gasteiger partial charge in [-0.2, -0.15) is 0 Å². The van der Waals surface area contributed by atoms with Gasteiger partial charge in [0.25, 0.3) is 5.91 Å². The van der Waals surface area contributed by atoms with Crippen molar-refractivity contribution >= 4 is 22.6 Å². The summed E-state index contributed by atoms with van der Waals surface area (Å²) in [6.07, 6.45) is 1.46. The quantitative estimate of drug-likeness (QED) is 0.690. The normalized spacial score (nSPS) is 13.2. The van der Waals surface area contributed by atoms with Crippen molar-refractivity contribution in [2.75, 3.05) is 13.2 Å². The average Bonchev–Trinajstić information content (AvgIpc) is 2.61. The molecule has 1 atom stereocenters. The zero-order chi connectivity index (χ0) is 18.3. The molecule has 25 heavy (non-hydrogen) atoms. The van der Waals surface area contributed by atoms with Gasteiger partial charge in [0.2, 0.25) is 5.91 Å². The van der Waals surface area contributed by atoms with E-state index in [0.29, 0.717) is 12.0 Å². The molecule has 2 amide bonds. The van der Waals surface area contributed by atoms with E-state index in [1.165, 1.54) is 0 Å². The summed E-state index contributed by atoms with van der Waals surface area (Å²) in [6.45, 7) is 4.19. The number of hydrogen-bond donors (Lipinski definition) is 3. The predicted molar refractivity (Wildman–Crippen MR) is 99.4 cm³/mol. The molecule has 2 aromatic rings. The fraction of sp³-hybridized carbons (Fsp3) is 0.400. The number of aliphatic hydroxyl groups excluding tert-OH is 1. The van der Waals surface area contributed by atoms with Crippen LogP contribution in [0.5, 0.6) is 0 Å². The van der Waals surface area contributed by atoms with Gasteiger partial charge in [-0.25, -0.2) is 0 Å². The molecule has 5 nitrogen and oxygen atoms in total. The van der Waals surface area contributed by atoms with Crippen molar-refractivity contribution in [1.29, 1.82) is 0 Å². The molecule has 2 aromatic carbocycles. The molecule has 0 radical (unpaired) electrons. The van der Waals surface area contributed by atoms with Gasteiger partial charge in [-0.05, 0) is 42.7 Å². The monoisotopic (exact) mass is 342 g/mol. The number of aliphatic hydroxyl groups is 1. The van der Waals surface area contributed by atoms with Gasteiger partial charge in [-0.15, -0.1) is 0 Å². The van der Waals surface area contributed by atoms with Gasteiger partial charge in [-0.3, -0.25) is 9.59 Å². The van der Waals surface area contributed by atoms with E-state index in [2.05, 4.69) is 10.6 Å². The largest absolute Gasteiger partial charge is 0.396 e. The second kappa shape index (κ2) is 8.62. The lowest BCUT2D eigenvalue weighted by atomic mass is 9.95. The van der Waals surface area contributed by atoms with E-state index >= 15 is 0 Å². The average molecular weight is 342 g/mol. The first-order chi connectivity index (χ1) is 12.0. The number of carbonyl (C=O) groups excluding carboxylic acids is 2. The third kappa shape index (κ3) is 5.29. The van der Waals surface area contributed by atoms with Crippen LogP contribution in [0.15, 0.2) is 42.5 Å². The number of benzene rings is 2. The Kier molecular flexibility index (Phi) is 6.53. The number of fused-ring (bicyclic) bond motifs is 1. The van der Waals surface area contributed by atoms with Crippen LogP contribution in [0.1, 0.15) is 43.5 Å². The van der Waals surface area contributed by atoms with E-state index < -0.39 is 5.54 Å². The summed E-state index contributed by atoms with van der Waals surface area (Å²) in [5.41, 5.74) is 0.173. The summed E-state index contributed by atoms with van der Waals surface area (Å²) < 4.78 is 0. The Morgan fingerprint density at radius 2 is 1.84 bits per heavy atom. The lowest BCUT2D eigenvalue weighted by molar-refractivity contribution is -0.122. The fourth-order valence-corrected chi connectivity index (χ4v) is 2.70. The predicted octanol–water partition coefficient (Wildman–Crippen LogP) is 2.63. The van der Waals surface area contributed by atoms with Crippen LogP contribution in [0.25, 0.3) is 10.8 Å². The maximum absolute atomic E-state index is 12.2. The van der Waals surface area contributed by atoms with Crippen LogP contribution in [0, 0.1) is 0 Å². The number of amides is 2. The van der Waals surface area contributed by atoms with Gasteiger partial charge in [0, 0.05) is 30.7 Å². The van der Waals surface area contributed by atoms with Crippen LogP contribution in [0.2, 0.25) is 0 Å². The topological polar surface area (TPSA) is 78.4 Å². The molecule has 0 aliphatic carbocycles. The molecule has 0 saturated heterocycles. The minimum atomic E-state index is -0.409. The van der Waals surface area contributed by atoms with Gasteiger partial charge >= 0.3 is 0 Å². The molecule has 2 rings (SSSR count). The van der Waals surface area contributed by atoms with Gasteiger partial charge in [0.15, 0.2) is 0 Å². The molecule has 0 heterocycles. The zero-order valence-corrected chi connectivity index (χ0v) is 14.8. The van der Waals surface area contributed by atoms with Crippen LogP contribution >= 0.6 is 0 Å². The molecule has 0 aromatic heterocycles. The molecule has 0 aliphatic rings. The second-order valence-corrected chi connectivity index (χ2v) is 6.50. The lowest BCUT2D eigenvalue weighted by Gasteiger charge is -2.29. The van der Waals surface area contributed by atoms with Crippen LogP contribution in [0.3, 0.4) is 0 Å². The first-order valence-corrected chi connectivity index (χ1v) is 8.66. The maximum Gasteiger partial charge on any atom is 0.251 e. The van der Waals surface area contributed by atoms with Gasteiger partial charge in [0.05, 0.1) is 0 Å². The summed E-state index contributed by atoms with van der Waals surface area (Å²) >= 11 is 0. The van der Waals surface area contributed by atoms with E-state index in [4.69, 9.17) is 5.11 Å². The van der Waals surface area contributed by atoms with Crippen LogP contribution in [-0.4, -0.2) is 35.6 Å². The zero-order valence-electron chi connectivity index (χ0n) is 14.8. The van der Waals surface area contributed by atoms with E-state index in [9.17, 15) is 9.59 Å². The van der Waals surface area contributed by atoms with Crippen molar-refractivity contribution in [3.05, 3.63) is 48.0 Å². The first kappa shape index (κ1) is 18.9. The highest BCUT2D eigenvalue weighted by Gasteiger charge is 2.23. The second-order valence-electron chi connectivity index (χ2n) is 6.50. The fourth-order valence-electron chi connectivity index (χ4n) is 2.70. The summed E-state index contributed by atoms with van der Waals surface area (Å²) in [5.74, 6) is -0.316. The molecule has 0 aliphatic heterocycles. The molecular weight excluding hydrogens is 316 g/mol. The highest BCUT2D eigenvalue weighted by molar-refractivity contribution is 5.98. The number of carbonyl (C=O) groups is 2. The Balaban J connectivity index is 1.86. The van der Waals surface area contributed by atoms with E-state index in [-0.39, 0.29) is 31.4 Å². The number of nitrogens with one attached hydrogen (secondary N) is 2. The van der Waals surface area contributed by atoms with Crippen LogP contribution in [-0.2, 0) is 4.79 Å². The lowest BCUT2D eigenvalue weighted by Crippen LogP contribution is -2.47. The molecule has 0 saturated carbocycles. The third-order valence-corrected chi connectivity index (χ3v) is 4.53. The van der Waals surface area contributed by atoms with Crippen molar-refractivity contribution in [2.24, 2.45) is 0 Å². The van der Waals surface area contributed by atoms with Crippen LogP contribution < -0.4 is 10.6 Å². The molecular formula is C20H26N2O3. The van der Waals surface area contributed by atoms with E-state index in [1.54, 1.807) is 6.07 Å². The number of rotatable bonds is 8. The van der Waals surface area contributed by atoms with Crippen molar-refractivity contribution in [2.45, 2.75) is 38.6 Å². The van der Waals surface area contributed by atoms with Gasteiger partial charge in [0.1, 0.15) is 0 Å². The van der Waals surface area contributed by atoms with Crippen molar-refractivity contribution in [1.82, 2.24) is 10.6 Å². The molecule has 0 bridgehead atoms. The Labute approximate surface area is 148 Å². The molecule has 3 N–H and O–H groups in total. The Morgan fingerprint density at radius 3 is 2.52 bits per heavy atom. The van der Waals surface area contributed by atoms with Crippen LogP contribution in [0.4, 0.5) is 0 Å². The third-order valence-electron chi connectivity index (χ3n) is 4.53. The van der Waals surface area contributed by atoms with E-state index in [0.717, 1.165) is 17.2 Å². The highest BCUT2D eigenvalue weighted by atomic mass is 16.3. The summed E-state index contributed by atoms with van der Waals surface area (Å²) in [4.78, 5) is 24.3. The Morgan fingerprint density at radius 1 is 1.12 bits per heavy atom. The minimum absolute atomic E-state index is 0.0311. The molecule has 0 fully saturated rings. The first-order valence-electron chi connectivity index (χ1n) is 8.66. The van der Waals surface area contributed by atoms with Crippen molar-refractivity contribution in [3.63, 3.8) is 0 Å². The van der Waals surface area contributed by atoms with Crippen molar-refractivity contribution < 1.29 is 14.7 Å². The Bertz CT molecular complexity index is 745. The smallest absolute Gasteiger partial charge is 0.251 e. The highest BCUT2D eigenvalue weighted by Crippen LogP contribution is 2.16. The van der Waals surface area contributed by atoms with E-state index in [1.807, 2.05) is 50.2 Å². The van der Waals surface area contributed by atoms with Gasteiger partial charge in [-0.1, -0.05) is 37.3 Å². The molecule has 1 unspecified atom stereocenters. The molecule has 5 heteroatoms. The van der Waals surface area contributed by atoms with Gasteiger partial charge < -0.3 is 15.7 Å². The van der Waals surface area contributed by atoms with Crippen molar-refractivity contribution in [3.8, 4) is 0 Å². The summed E-state index contributed by atoms with van der Waals surface area (Å²) in [5, 5.41) is 16.9. The number of hydrogen-bond acceptors (Lipinski definition) is 3. The molecule has 134 valence electrons.